The Balaban J connectivity index is 1.38. The number of nitrogens with two attached hydrogens (primary N) is 1. The highest BCUT2D eigenvalue weighted by Gasteiger charge is 2.29. The minimum Gasteiger partial charge on any atom is -0.439 e. The SMILES string of the molecule is CC#CCN(C(=O)Nc1cc(C(N)=O)c(F)cc1F)C1CCN(Cc2ccc(Oc3ccc(NS(C)(=O)=O)cc3)nc2CC)CC1. The van der Waals surface area contributed by atoms with E-state index in [1.54, 1.807) is 37.3 Å². The number of aryl methyl sites for hydroxylation is 1. The molecule has 46 heavy (non-hydrogen) atoms. The summed E-state index contributed by atoms with van der Waals surface area (Å²) >= 11 is 0. The van der Waals surface area contributed by atoms with Crippen molar-refractivity contribution in [3.63, 3.8) is 0 Å². The van der Waals surface area contributed by atoms with Crippen LogP contribution in [-0.4, -0.2) is 67.1 Å². The molecule has 2 aromatic carbocycles. The molecule has 1 aliphatic heterocycles. The van der Waals surface area contributed by atoms with E-state index in [-0.39, 0.29) is 18.3 Å². The summed E-state index contributed by atoms with van der Waals surface area (Å²) in [7, 11) is -3.38. The van der Waals surface area contributed by atoms with Crippen LogP contribution in [0.2, 0.25) is 0 Å². The highest BCUT2D eigenvalue weighted by Crippen LogP contribution is 2.26. The van der Waals surface area contributed by atoms with Crippen molar-refractivity contribution in [3.8, 4) is 23.5 Å². The number of rotatable bonds is 11. The number of carbonyl (C=O) groups excluding carboxylic acids is 2. The van der Waals surface area contributed by atoms with Gasteiger partial charge in [-0.05, 0) is 62.1 Å². The summed E-state index contributed by atoms with van der Waals surface area (Å²) in [4.78, 5) is 33.2. The van der Waals surface area contributed by atoms with E-state index in [9.17, 15) is 26.8 Å². The Bertz CT molecular complexity index is 1750. The monoisotopic (exact) mass is 654 g/mol. The Morgan fingerprint density at radius 1 is 1.11 bits per heavy atom. The number of piperidine rings is 1. The molecule has 3 amide bonds. The van der Waals surface area contributed by atoms with Crippen LogP contribution in [0.25, 0.3) is 0 Å². The van der Waals surface area contributed by atoms with Crippen LogP contribution in [-0.2, 0) is 23.0 Å². The Kier molecular flexibility index (Phi) is 11.2. The lowest BCUT2D eigenvalue weighted by Gasteiger charge is -2.38. The third-order valence-electron chi connectivity index (χ3n) is 7.40. The molecule has 244 valence electrons. The largest absolute Gasteiger partial charge is 0.439 e. The molecule has 4 rings (SSSR count). The predicted octanol–water partition coefficient (Wildman–Crippen LogP) is 4.71. The normalized spacial score (nSPS) is 13.8. The number of pyridine rings is 1. The molecule has 1 aliphatic rings. The van der Waals surface area contributed by atoms with Crippen LogP contribution in [0.1, 0.15) is 48.3 Å². The smallest absolute Gasteiger partial charge is 0.322 e. The van der Waals surface area contributed by atoms with Crippen LogP contribution in [0.4, 0.5) is 25.0 Å². The standard InChI is InChI=1S/C32H36F2N6O5S/c1-4-6-15-40(32(42)37-29-18-25(31(35)41)26(33)19-27(29)34)23-13-16-39(17-14-23)20-21-7-12-30(36-28(21)5-2)45-24-10-8-22(9-11-24)38-46(3,43)44/h7-12,18-19,23,38H,5,13-17,20H2,1-3H3,(H2,35,41)(H,37,42). The lowest BCUT2D eigenvalue weighted by molar-refractivity contribution is 0.0996. The second-order valence-electron chi connectivity index (χ2n) is 10.8. The molecule has 14 heteroatoms. The number of sulfonamides is 1. The highest BCUT2D eigenvalue weighted by molar-refractivity contribution is 7.92. The van der Waals surface area contributed by atoms with Gasteiger partial charge in [0.1, 0.15) is 17.4 Å². The fourth-order valence-corrected chi connectivity index (χ4v) is 5.69. The zero-order chi connectivity index (χ0) is 33.4. The minimum absolute atomic E-state index is 0.112. The van der Waals surface area contributed by atoms with Crippen molar-refractivity contribution < 1.29 is 31.5 Å². The van der Waals surface area contributed by atoms with Gasteiger partial charge in [0.2, 0.25) is 15.9 Å². The lowest BCUT2D eigenvalue weighted by Crippen LogP contribution is -2.49. The summed E-state index contributed by atoms with van der Waals surface area (Å²) in [6.07, 6.45) is 3.04. The Hall–Kier alpha value is -4.74. The predicted molar refractivity (Wildman–Crippen MR) is 171 cm³/mol. The fourth-order valence-electron chi connectivity index (χ4n) is 5.12. The lowest BCUT2D eigenvalue weighted by atomic mass is 10.0. The van der Waals surface area contributed by atoms with Crippen molar-refractivity contribution in [2.75, 3.05) is 35.9 Å². The number of ether oxygens (including phenoxy) is 1. The first kappa shape index (κ1) is 34.1. The quantitative estimate of drug-likeness (QED) is 0.254. The number of halogens is 2. The first-order valence-corrected chi connectivity index (χ1v) is 16.5. The maximum absolute atomic E-state index is 14.4. The van der Waals surface area contributed by atoms with Crippen molar-refractivity contribution in [1.82, 2.24) is 14.8 Å². The van der Waals surface area contributed by atoms with Crippen LogP contribution in [0.3, 0.4) is 0 Å². The van der Waals surface area contributed by atoms with Crippen LogP contribution in [0.5, 0.6) is 11.6 Å². The minimum atomic E-state index is -3.38. The number of benzene rings is 2. The summed E-state index contributed by atoms with van der Waals surface area (Å²) in [6, 6.07) is 10.9. The fraction of sp³-hybridized carbons (Fsp3) is 0.344. The zero-order valence-electron chi connectivity index (χ0n) is 25.8. The molecule has 1 saturated heterocycles. The molecule has 1 fully saturated rings. The number of aromatic nitrogens is 1. The number of nitrogens with zero attached hydrogens (tertiary/aromatic N) is 3. The molecule has 1 aromatic heterocycles. The van der Waals surface area contributed by atoms with E-state index in [0.29, 0.717) is 62.3 Å². The molecule has 11 nitrogen and oxygen atoms in total. The Morgan fingerprint density at radius 3 is 2.41 bits per heavy atom. The number of anilines is 2. The second kappa shape index (κ2) is 15.0. The van der Waals surface area contributed by atoms with E-state index in [2.05, 4.69) is 31.8 Å². The summed E-state index contributed by atoms with van der Waals surface area (Å²) < 4.78 is 59.5. The average molecular weight is 655 g/mol. The van der Waals surface area contributed by atoms with Gasteiger partial charge in [-0.2, -0.15) is 0 Å². The van der Waals surface area contributed by atoms with Crippen LogP contribution >= 0.6 is 0 Å². The Labute approximate surface area is 267 Å². The molecule has 4 N–H and O–H groups in total. The van der Waals surface area contributed by atoms with E-state index in [1.807, 2.05) is 13.0 Å². The molecular formula is C32H36F2N6O5S. The molecular weight excluding hydrogens is 618 g/mol. The first-order chi connectivity index (χ1) is 21.9. The molecule has 0 aliphatic carbocycles. The first-order valence-electron chi connectivity index (χ1n) is 14.6. The number of primary amides is 1. The summed E-state index contributed by atoms with van der Waals surface area (Å²) in [6.45, 7) is 5.78. The van der Waals surface area contributed by atoms with Crippen molar-refractivity contribution >= 4 is 33.3 Å². The van der Waals surface area contributed by atoms with Gasteiger partial charge in [-0.25, -0.2) is 27.0 Å². The van der Waals surface area contributed by atoms with Crippen molar-refractivity contribution in [2.24, 2.45) is 5.73 Å². The molecule has 2 heterocycles. The van der Waals surface area contributed by atoms with E-state index in [4.69, 9.17) is 10.5 Å². The van der Waals surface area contributed by atoms with Gasteiger partial charge in [0, 0.05) is 49.2 Å². The number of amides is 3. The molecule has 0 saturated carbocycles. The highest BCUT2D eigenvalue weighted by atomic mass is 32.2. The maximum Gasteiger partial charge on any atom is 0.322 e. The molecule has 0 bridgehead atoms. The van der Waals surface area contributed by atoms with E-state index >= 15 is 0 Å². The van der Waals surface area contributed by atoms with Crippen molar-refractivity contribution in [3.05, 3.63) is 77.0 Å². The van der Waals surface area contributed by atoms with E-state index in [1.165, 1.54) is 4.90 Å². The van der Waals surface area contributed by atoms with Gasteiger partial charge in [-0.3, -0.25) is 14.4 Å². The second-order valence-corrected chi connectivity index (χ2v) is 12.5. The zero-order valence-corrected chi connectivity index (χ0v) is 26.6. The van der Waals surface area contributed by atoms with Gasteiger partial charge < -0.3 is 20.7 Å². The molecule has 0 unspecified atom stereocenters. The number of carbonyl (C=O) groups is 2. The van der Waals surface area contributed by atoms with Gasteiger partial charge >= 0.3 is 6.03 Å². The average Bonchev–Trinajstić information content (AvgIpc) is 3.00. The number of hydrogen-bond donors (Lipinski definition) is 3. The number of urea groups is 1. The summed E-state index contributed by atoms with van der Waals surface area (Å²) in [5.41, 5.74) is 6.66. The van der Waals surface area contributed by atoms with Gasteiger partial charge in [0.25, 0.3) is 5.91 Å². The maximum atomic E-state index is 14.4. The number of hydrogen-bond acceptors (Lipinski definition) is 7. The van der Waals surface area contributed by atoms with Crippen molar-refractivity contribution in [2.45, 2.75) is 45.7 Å². The molecule has 0 spiro atoms. The van der Waals surface area contributed by atoms with E-state index in [0.717, 1.165) is 23.6 Å². The van der Waals surface area contributed by atoms with Crippen molar-refractivity contribution in [1.29, 1.82) is 0 Å². The van der Waals surface area contributed by atoms with Crippen LogP contribution in [0.15, 0.2) is 48.5 Å². The van der Waals surface area contributed by atoms with Gasteiger partial charge in [-0.1, -0.05) is 18.9 Å². The summed E-state index contributed by atoms with van der Waals surface area (Å²) in [5, 5.41) is 2.45. The molecule has 0 radical (unpaired) electrons. The molecule has 3 aromatic rings. The third kappa shape index (κ3) is 9.15. The number of likely N-dealkylation sites (tertiary alicyclic amines) is 1. The topological polar surface area (TPSA) is 147 Å². The van der Waals surface area contributed by atoms with Crippen LogP contribution < -0.4 is 20.5 Å². The van der Waals surface area contributed by atoms with Gasteiger partial charge in [0.15, 0.2) is 0 Å². The number of nitrogens with one attached hydrogen (secondary N) is 2. The Morgan fingerprint density at radius 2 is 1.80 bits per heavy atom. The molecule has 0 atom stereocenters. The van der Waals surface area contributed by atoms with Gasteiger partial charge in [-0.15, -0.1) is 5.92 Å². The van der Waals surface area contributed by atoms with E-state index < -0.39 is 39.2 Å². The van der Waals surface area contributed by atoms with Gasteiger partial charge in [0.05, 0.1) is 24.1 Å². The summed E-state index contributed by atoms with van der Waals surface area (Å²) in [5.74, 6) is 3.39. The van der Waals surface area contributed by atoms with Crippen LogP contribution in [0, 0.1) is 23.5 Å². The third-order valence-corrected chi connectivity index (χ3v) is 8.01.